The Labute approximate surface area is 121 Å². The molecule has 0 fully saturated rings. The minimum Gasteiger partial charge on any atom is -0.389 e. The quantitative estimate of drug-likeness (QED) is 0.835. The van der Waals surface area contributed by atoms with Crippen molar-refractivity contribution in [2.24, 2.45) is 5.73 Å². The monoisotopic (exact) mass is 342 g/mol. The van der Waals surface area contributed by atoms with Crippen LogP contribution < -0.4 is 11.1 Å². The van der Waals surface area contributed by atoms with Crippen molar-refractivity contribution in [1.82, 2.24) is 9.59 Å². The van der Waals surface area contributed by atoms with Gasteiger partial charge in [-0.05, 0) is 29.7 Å². The van der Waals surface area contributed by atoms with E-state index in [2.05, 4.69) is 30.8 Å². The molecule has 2 rings (SSSR count). The zero-order valence-corrected chi connectivity index (χ0v) is 12.1. The lowest BCUT2D eigenvalue weighted by Gasteiger charge is -2.09. The van der Waals surface area contributed by atoms with Crippen molar-refractivity contribution in [3.05, 3.63) is 39.3 Å². The topological polar surface area (TPSA) is 80.9 Å². The first-order valence-electron chi connectivity index (χ1n) is 4.76. The van der Waals surface area contributed by atoms with Crippen LogP contribution in [-0.4, -0.2) is 20.5 Å². The first kappa shape index (κ1) is 13.1. The molecule has 8 heteroatoms. The second kappa shape index (κ2) is 5.51. The summed E-state index contributed by atoms with van der Waals surface area (Å²) in [6.45, 7) is 0. The van der Waals surface area contributed by atoms with Crippen LogP contribution in [0.15, 0.2) is 28.9 Å². The Balaban J connectivity index is 2.31. The van der Waals surface area contributed by atoms with E-state index in [1.807, 2.05) is 0 Å². The Bertz CT molecular complexity index is 600. The van der Waals surface area contributed by atoms with Crippen molar-refractivity contribution >= 4 is 56.3 Å². The summed E-state index contributed by atoms with van der Waals surface area (Å²) in [5.74, 6) is -0.291. The summed E-state index contributed by atoms with van der Waals surface area (Å²) in [4.78, 5) is 12.5. The summed E-state index contributed by atoms with van der Waals surface area (Å²) in [5.41, 5.74) is 6.76. The van der Waals surface area contributed by atoms with Gasteiger partial charge in [-0.1, -0.05) is 32.6 Å². The molecular weight excluding hydrogens is 336 g/mol. The Hall–Kier alpha value is -1.38. The van der Waals surface area contributed by atoms with Crippen LogP contribution >= 0.6 is 39.7 Å². The first-order valence-corrected chi connectivity index (χ1v) is 6.73. The van der Waals surface area contributed by atoms with Crippen LogP contribution in [0.25, 0.3) is 0 Å². The number of hydrogen-bond donors (Lipinski definition) is 2. The van der Waals surface area contributed by atoms with E-state index >= 15 is 0 Å². The Kier molecular flexibility index (Phi) is 4.00. The van der Waals surface area contributed by atoms with E-state index in [4.69, 9.17) is 18.0 Å². The normalized spacial score (nSPS) is 10.1. The number of halogens is 1. The predicted octanol–water partition coefficient (Wildman–Crippen LogP) is 2.19. The number of carbonyl (C=O) groups excluding carboxylic acids is 1. The molecule has 2 aromatic rings. The molecule has 0 bridgehead atoms. The fourth-order valence-electron chi connectivity index (χ4n) is 1.29. The maximum Gasteiger partial charge on any atom is 0.269 e. The number of hydrogen-bond acceptors (Lipinski definition) is 5. The second-order valence-electron chi connectivity index (χ2n) is 3.29. The van der Waals surface area contributed by atoms with E-state index in [0.29, 0.717) is 16.1 Å². The number of nitrogens with zero attached hydrogens (tertiary/aromatic N) is 2. The molecule has 0 aliphatic rings. The molecule has 1 amide bonds. The fourth-order valence-corrected chi connectivity index (χ4v) is 2.24. The van der Waals surface area contributed by atoms with Gasteiger partial charge in [-0.3, -0.25) is 4.79 Å². The molecule has 0 saturated heterocycles. The van der Waals surface area contributed by atoms with Gasteiger partial charge in [0.15, 0.2) is 0 Å². The summed E-state index contributed by atoms with van der Waals surface area (Å²) in [6.07, 6.45) is 1.40. The van der Waals surface area contributed by atoms with Gasteiger partial charge in [-0.2, -0.15) is 0 Å². The number of carbonyl (C=O) groups is 1. The zero-order valence-electron chi connectivity index (χ0n) is 8.88. The van der Waals surface area contributed by atoms with E-state index in [-0.39, 0.29) is 10.9 Å². The molecule has 18 heavy (non-hydrogen) atoms. The smallest absolute Gasteiger partial charge is 0.269 e. The summed E-state index contributed by atoms with van der Waals surface area (Å²) >= 11 is 9.28. The second-order valence-corrected chi connectivity index (χ2v) is 5.43. The molecule has 5 nitrogen and oxygen atoms in total. The van der Waals surface area contributed by atoms with Crippen LogP contribution in [0.2, 0.25) is 0 Å². The maximum absolute atomic E-state index is 11.9. The predicted molar refractivity (Wildman–Crippen MR) is 77.9 cm³/mol. The SMILES string of the molecule is NC(=S)c1ccc(Br)cc1NC(=O)c1cnns1. The van der Waals surface area contributed by atoms with Gasteiger partial charge in [0.1, 0.15) is 9.87 Å². The fraction of sp³-hybridized carbons (Fsp3) is 0. The van der Waals surface area contributed by atoms with Crippen LogP contribution in [0, 0.1) is 0 Å². The van der Waals surface area contributed by atoms with Crippen LogP contribution in [-0.2, 0) is 0 Å². The van der Waals surface area contributed by atoms with Gasteiger partial charge in [0, 0.05) is 10.0 Å². The summed E-state index contributed by atoms with van der Waals surface area (Å²) in [7, 11) is 0. The van der Waals surface area contributed by atoms with Gasteiger partial charge in [0.2, 0.25) is 0 Å². The van der Waals surface area contributed by atoms with E-state index in [0.717, 1.165) is 16.0 Å². The summed E-state index contributed by atoms with van der Waals surface area (Å²) in [6, 6.07) is 5.28. The van der Waals surface area contributed by atoms with Crippen molar-refractivity contribution in [3.63, 3.8) is 0 Å². The highest BCUT2D eigenvalue weighted by Crippen LogP contribution is 2.22. The van der Waals surface area contributed by atoms with Crippen molar-refractivity contribution < 1.29 is 4.79 Å². The van der Waals surface area contributed by atoms with Crippen LogP contribution in [0.4, 0.5) is 5.69 Å². The third kappa shape index (κ3) is 2.89. The number of aromatic nitrogens is 2. The number of anilines is 1. The summed E-state index contributed by atoms with van der Waals surface area (Å²) < 4.78 is 4.45. The Morgan fingerprint density at radius 3 is 2.89 bits per heavy atom. The summed E-state index contributed by atoms with van der Waals surface area (Å²) in [5, 5.41) is 6.34. The maximum atomic E-state index is 11.9. The van der Waals surface area contributed by atoms with Crippen molar-refractivity contribution in [2.75, 3.05) is 5.32 Å². The lowest BCUT2D eigenvalue weighted by Crippen LogP contribution is -2.17. The van der Waals surface area contributed by atoms with E-state index in [1.165, 1.54) is 6.20 Å². The number of rotatable bonds is 3. The minimum absolute atomic E-state index is 0.222. The van der Waals surface area contributed by atoms with E-state index in [9.17, 15) is 4.79 Å². The van der Waals surface area contributed by atoms with Crippen molar-refractivity contribution in [3.8, 4) is 0 Å². The lowest BCUT2D eigenvalue weighted by atomic mass is 10.2. The molecule has 3 N–H and O–H groups in total. The Morgan fingerprint density at radius 2 is 2.28 bits per heavy atom. The third-order valence-electron chi connectivity index (χ3n) is 2.08. The molecular formula is C10H7BrN4OS2. The van der Waals surface area contributed by atoms with Crippen molar-refractivity contribution in [1.29, 1.82) is 0 Å². The molecule has 0 spiro atoms. The molecule has 0 aliphatic heterocycles. The molecule has 1 aromatic heterocycles. The zero-order chi connectivity index (χ0) is 13.1. The number of amides is 1. The molecule has 0 atom stereocenters. The number of benzene rings is 1. The molecule has 1 heterocycles. The molecule has 1 aromatic carbocycles. The molecule has 0 aliphatic carbocycles. The minimum atomic E-state index is -0.291. The molecule has 92 valence electrons. The largest absolute Gasteiger partial charge is 0.389 e. The highest BCUT2D eigenvalue weighted by atomic mass is 79.9. The highest BCUT2D eigenvalue weighted by molar-refractivity contribution is 9.10. The molecule has 0 radical (unpaired) electrons. The highest BCUT2D eigenvalue weighted by Gasteiger charge is 2.12. The van der Waals surface area contributed by atoms with Gasteiger partial charge in [-0.15, -0.1) is 5.10 Å². The Morgan fingerprint density at radius 1 is 1.50 bits per heavy atom. The van der Waals surface area contributed by atoms with Gasteiger partial charge in [0.25, 0.3) is 5.91 Å². The molecule has 0 saturated carbocycles. The standard InChI is InChI=1S/C10H7BrN4OS2/c11-5-1-2-6(9(12)17)7(3-5)14-10(16)8-4-13-15-18-8/h1-4H,(H2,12,17)(H,14,16). The van der Waals surface area contributed by atoms with Crippen LogP contribution in [0.3, 0.4) is 0 Å². The van der Waals surface area contributed by atoms with Crippen LogP contribution in [0.5, 0.6) is 0 Å². The number of nitrogens with one attached hydrogen (secondary N) is 1. The van der Waals surface area contributed by atoms with E-state index < -0.39 is 0 Å². The number of nitrogens with two attached hydrogens (primary N) is 1. The average molecular weight is 343 g/mol. The molecule has 0 unspecified atom stereocenters. The average Bonchev–Trinajstić information content (AvgIpc) is 2.81. The lowest BCUT2D eigenvalue weighted by molar-refractivity contribution is 0.103. The van der Waals surface area contributed by atoms with Crippen molar-refractivity contribution in [2.45, 2.75) is 0 Å². The third-order valence-corrected chi connectivity index (χ3v) is 3.46. The first-order chi connectivity index (χ1) is 8.58. The van der Waals surface area contributed by atoms with Gasteiger partial charge < -0.3 is 11.1 Å². The van der Waals surface area contributed by atoms with Gasteiger partial charge >= 0.3 is 0 Å². The number of thiocarbonyl (C=S) groups is 1. The van der Waals surface area contributed by atoms with Gasteiger partial charge in [0.05, 0.1) is 11.9 Å². The van der Waals surface area contributed by atoms with Gasteiger partial charge in [-0.25, -0.2) is 0 Å². The van der Waals surface area contributed by atoms with E-state index in [1.54, 1.807) is 18.2 Å². The van der Waals surface area contributed by atoms with Crippen LogP contribution in [0.1, 0.15) is 15.2 Å².